The predicted octanol–water partition coefficient (Wildman–Crippen LogP) is 4.11. The van der Waals surface area contributed by atoms with E-state index in [1.807, 2.05) is 48.0 Å². The van der Waals surface area contributed by atoms with Crippen LogP contribution in [0.25, 0.3) is 5.69 Å². The number of hydrogen-bond acceptors (Lipinski definition) is 3. The van der Waals surface area contributed by atoms with Crippen LogP contribution in [0.4, 0.5) is 0 Å². The van der Waals surface area contributed by atoms with Gasteiger partial charge in [0.1, 0.15) is 0 Å². The topological polar surface area (TPSA) is 74.5 Å². The summed E-state index contributed by atoms with van der Waals surface area (Å²) in [6.45, 7) is 8.15. The van der Waals surface area contributed by atoms with Crippen LogP contribution in [-0.2, 0) is 13.0 Å². The number of carbonyl (C=O) groups is 1. The Morgan fingerprint density at radius 1 is 1.06 bits per heavy atom. The number of para-hydroxylation sites is 1. The molecule has 1 heterocycles. The van der Waals surface area contributed by atoms with Crippen molar-refractivity contribution in [1.29, 1.82) is 0 Å². The van der Waals surface area contributed by atoms with Crippen molar-refractivity contribution in [2.24, 2.45) is 4.99 Å². The second kappa shape index (κ2) is 13.1. The summed E-state index contributed by atoms with van der Waals surface area (Å²) in [4.78, 5) is 18.6. The van der Waals surface area contributed by atoms with Crippen LogP contribution < -0.4 is 10.6 Å². The van der Waals surface area contributed by atoms with Gasteiger partial charge in [-0.3, -0.25) is 4.79 Å². The van der Waals surface area contributed by atoms with Crippen LogP contribution in [0.1, 0.15) is 39.8 Å². The number of nitrogens with one attached hydrogen (secondary N) is 2. The molecule has 7 nitrogen and oxygen atoms in total. The molecule has 0 radical (unpaired) electrons. The molecular weight excluding hydrogens is 539 g/mol. The number of aromatic nitrogens is 2. The van der Waals surface area contributed by atoms with Crippen molar-refractivity contribution >= 4 is 35.8 Å². The van der Waals surface area contributed by atoms with Crippen LogP contribution >= 0.6 is 24.0 Å². The summed E-state index contributed by atoms with van der Waals surface area (Å²) in [6, 6.07) is 18.1. The van der Waals surface area contributed by atoms with Crippen molar-refractivity contribution in [2.45, 2.75) is 33.7 Å². The molecule has 0 aliphatic rings. The first-order valence-corrected chi connectivity index (χ1v) is 11.3. The number of amides is 1. The molecule has 2 N–H and O–H groups in total. The van der Waals surface area contributed by atoms with Crippen molar-refractivity contribution in [1.82, 2.24) is 25.3 Å². The Morgan fingerprint density at radius 3 is 2.50 bits per heavy atom. The lowest BCUT2D eigenvalue weighted by molar-refractivity contribution is 0.0827. The molecule has 0 aliphatic carbocycles. The van der Waals surface area contributed by atoms with E-state index in [9.17, 15) is 4.79 Å². The second-order valence-corrected chi connectivity index (χ2v) is 8.24. The molecule has 3 aromatic rings. The minimum atomic E-state index is 0. The maximum Gasteiger partial charge on any atom is 0.253 e. The van der Waals surface area contributed by atoms with E-state index in [4.69, 9.17) is 4.99 Å². The summed E-state index contributed by atoms with van der Waals surface area (Å²) in [5, 5.41) is 11.3. The molecule has 182 valence electrons. The third-order valence-electron chi connectivity index (χ3n) is 5.27. The van der Waals surface area contributed by atoms with Crippen molar-refractivity contribution in [3.63, 3.8) is 0 Å². The van der Waals surface area contributed by atoms with Gasteiger partial charge in [0.15, 0.2) is 5.96 Å². The molecule has 0 spiro atoms. The standard InChI is InChI=1S/C26H34N6O.HI/c1-6-27-26(28-15-14-21-10-9-12-22(17-21)25(33)31(4)5)29-18-23-11-7-8-13-24(23)32-20(3)16-19(2)30-32;/h7-13,16-17H,6,14-15,18H2,1-5H3,(H2,27,28,29);1H. The molecule has 1 aromatic heterocycles. The highest BCUT2D eigenvalue weighted by Gasteiger charge is 2.10. The Bertz CT molecular complexity index is 1120. The minimum Gasteiger partial charge on any atom is -0.357 e. The number of nitrogens with zero attached hydrogens (tertiary/aromatic N) is 4. The minimum absolute atomic E-state index is 0. The molecule has 0 unspecified atom stereocenters. The molecule has 3 rings (SSSR count). The number of rotatable bonds is 8. The summed E-state index contributed by atoms with van der Waals surface area (Å²) in [5.74, 6) is 0.780. The van der Waals surface area contributed by atoms with Crippen LogP contribution in [0, 0.1) is 13.8 Å². The summed E-state index contributed by atoms with van der Waals surface area (Å²) < 4.78 is 1.97. The van der Waals surface area contributed by atoms with Gasteiger partial charge in [-0.25, -0.2) is 9.67 Å². The first-order valence-electron chi connectivity index (χ1n) is 11.3. The van der Waals surface area contributed by atoms with Crippen LogP contribution in [0.2, 0.25) is 0 Å². The van der Waals surface area contributed by atoms with E-state index < -0.39 is 0 Å². The third-order valence-corrected chi connectivity index (χ3v) is 5.27. The Hall–Kier alpha value is -2.88. The van der Waals surface area contributed by atoms with Gasteiger partial charge < -0.3 is 15.5 Å². The highest BCUT2D eigenvalue weighted by atomic mass is 127. The summed E-state index contributed by atoms with van der Waals surface area (Å²) in [6.07, 6.45) is 0.793. The van der Waals surface area contributed by atoms with E-state index in [2.05, 4.69) is 47.8 Å². The van der Waals surface area contributed by atoms with E-state index in [1.165, 1.54) is 0 Å². The average molecular weight is 575 g/mol. The van der Waals surface area contributed by atoms with E-state index in [1.54, 1.807) is 19.0 Å². The number of hydrogen-bond donors (Lipinski definition) is 2. The van der Waals surface area contributed by atoms with Gasteiger partial charge >= 0.3 is 0 Å². The highest BCUT2D eigenvalue weighted by molar-refractivity contribution is 14.0. The van der Waals surface area contributed by atoms with E-state index in [0.717, 1.165) is 47.1 Å². The van der Waals surface area contributed by atoms with Crippen molar-refractivity contribution in [2.75, 3.05) is 27.2 Å². The van der Waals surface area contributed by atoms with E-state index in [0.29, 0.717) is 18.7 Å². The van der Waals surface area contributed by atoms with Gasteiger partial charge in [-0.15, -0.1) is 24.0 Å². The molecule has 0 aliphatic heterocycles. The molecule has 34 heavy (non-hydrogen) atoms. The van der Waals surface area contributed by atoms with E-state index in [-0.39, 0.29) is 29.9 Å². The van der Waals surface area contributed by atoms with E-state index >= 15 is 0 Å². The maximum atomic E-state index is 12.2. The van der Waals surface area contributed by atoms with Gasteiger partial charge in [-0.1, -0.05) is 30.3 Å². The Labute approximate surface area is 219 Å². The van der Waals surface area contributed by atoms with Crippen LogP contribution in [-0.4, -0.2) is 53.7 Å². The number of guanidine groups is 1. The van der Waals surface area contributed by atoms with Gasteiger partial charge in [0.25, 0.3) is 5.91 Å². The maximum absolute atomic E-state index is 12.2. The molecule has 2 aromatic carbocycles. The lowest BCUT2D eigenvalue weighted by atomic mass is 10.1. The van der Waals surface area contributed by atoms with Gasteiger partial charge in [0.2, 0.25) is 0 Å². The molecule has 0 atom stereocenters. The third kappa shape index (κ3) is 7.31. The fourth-order valence-corrected chi connectivity index (χ4v) is 3.67. The van der Waals surface area contributed by atoms with Gasteiger partial charge in [0, 0.05) is 38.4 Å². The fraction of sp³-hybridized carbons (Fsp3) is 0.346. The molecule has 0 fully saturated rings. The molecule has 1 amide bonds. The number of aryl methyl sites for hydroxylation is 2. The lowest BCUT2D eigenvalue weighted by Gasteiger charge is -2.14. The smallest absolute Gasteiger partial charge is 0.253 e. The quantitative estimate of drug-likeness (QED) is 0.242. The largest absolute Gasteiger partial charge is 0.357 e. The number of carbonyl (C=O) groups excluding carboxylic acids is 1. The van der Waals surface area contributed by atoms with Gasteiger partial charge in [0.05, 0.1) is 17.9 Å². The normalized spacial score (nSPS) is 11.0. The fourth-order valence-electron chi connectivity index (χ4n) is 3.67. The summed E-state index contributed by atoms with van der Waals surface area (Å²) >= 11 is 0. The summed E-state index contributed by atoms with van der Waals surface area (Å²) in [7, 11) is 3.53. The second-order valence-electron chi connectivity index (χ2n) is 8.24. The molecule has 0 bridgehead atoms. The zero-order valence-corrected chi connectivity index (χ0v) is 23.0. The zero-order valence-electron chi connectivity index (χ0n) is 20.6. The zero-order chi connectivity index (χ0) is 23.8. The number of halogens is 1. The van der Waals surface area contributed by atoms with Crippen LogP contribution in [0.15, 0.2) is 59.6 Å². The van der Waals surface area contributed by atoms with Gasteiger partial charge in [-0.05, 0) is 62.6 Å². The number of benzene rings is 2. The van der Waals surface area contributed by atoms with Crippen molar-refractivity contribution in [3.05, 3.63) is 82.7 Å². The van der Waals surface area contributed by atoms with Crippen LogP contribution in [0.5, 0.6) is 0 Å². The lowest BCUT2D eigenvalue weighted by Crippen LogP contribution is -2.38. The average Bonchev–Trinajstić information content (AvgIpc) is 3.14. The highest BCUT2D eigenvalue weighted by Crippen LogP contribution is 2.18. The van der Waals surface area contributed by atoms with Crippen LogP contribution in [0.3, 0.4) is 0 Å². The first-order chi connectivity index (χ1) is 15.9. The predicted molar refractivity (Wildman–Crippen MR) is 149 cm³/mol. The first kappa shape index (κ1) is 27.4. The number of aliphatic imine (C=N–C) groups is 1. The Balaban J connectivity index is 0.00000408. The molecule has 0 saturated carbocycles. The molecular formula is C26H35IN6O. The SMILES string of the molecule is CCNC(=NCc1ccccc1-n1nc(C)cc1C)NCCc1cccc(C(=O)N(C)C)c1.I. The summed E-state index contributed by atoms with van der Waals surface area (Å²) in [5.41, 5.74) is 6.07. The Kier molecular flexibility index (Phi) is 10.6. The molecule has 8 heteroatoms. The van der Waals surface area contributed by atoms with Gasteiger partial charge in [-0.2, -0.15) is 5.10 Å². The van der Waals surface area contributed by atoms with Crippen molar-refractivity contribution < 1.29 is 4.79 Å². The molecule has 0 saturated heterocycles. The monoisotopic (exact) mass is 574 g/mol. The van der Waals surface area contributed by atoms with Crippen molar-refractivity contribution in [3.8, 4) is 5.69 Å². The Morgan fingerprint density at radius 2 is 1.82 bits per heavy atom.